The van der Waals surface area contributed by atoms with Crippen LogP contribution in [0, 0.1) is 0 Å². The van der Waals surface area contributed by atoms with Crippen molar-refractivity contribution in [3.8, 4) is 11.3 Å². The summed E-state index contributed by atoms with van der Waals surface area (Å²) in [5.41, 5.74) is 2.99. The topological polar surface area (TPSA) is 61.9 Å². The molecule has 3 aromatic rings. The van der Waals surface area contributed by atoms with E-state index >= 15 is 0 Å². The first-order chi connectivity index (χ1) is 13.2. The summed E-state index contributed by atoms with van der Waals surface area (Å²) >= 11 is 5.24. The molecule has 0 radical (unpaired) electrons. The molecule has 1 fully saturated rings. The van der Waals surface area contributed by atoms with E-state index in [0.717, 1.165) is 47.4 Å². The van der Waals surface area contributed by atoms with Crippen molar-refractivity contribution >= 4 is 39.2 Å². The van der Waals surface area contributed by atoms with Crippen LogP contribution in [0.5, 0.6) is 0 Å². The standard InChI is InChI=1S/C20H19BrN4OS/c21-16-3-1-2-15(10-16)18-12-27-20(24-18)14-6-8-25(9-7-14)19(26)5-4-17-11-22-13-23-17/h1-5,10-14H,6-9H2,(H,22,23). The molecule has 0 bridgehead atoms. The fraction of sp³-hybridized carbons (Fsp3) is 0.250. The molecule has 27 heavy (non-hydrogen) atoms. The van der Waals surface area contributed by atoms with E-state index in [2.05, 4.69) is 43.4 Å². The van der Waals surface area contributed by atoms with Crippen LogP contribution in [-0.4, -0.2) is 38.8 Å². The lowest BCUT2D eigenvalue weighted by Crippen LogP contribution is -2.36. The third-order valence-corrected chi connectivity index (χ3v) is 6.22. The van der Waals surface area contributed by atoms with Gasteiger partial charge in [0.1, 0.15) is 0 Å². The fourth-order valence-corrected chi connectivity index (χ4v) is 4.63. The molecule has 1 aliphatic heterocycles. The Morgan fingerprint density at radius 1 is 1.33 bits per heavy atom. The summed E-state index contributed by atoms with van der Waals surface area (Å²) in [6.07, 6.45) is 8.59. The number of amides is 1. The number of piperidine rings is 1. The summed E-state index contributed by atoms with van der Waals surface area (Å²) in [7, 11) is 0. The van der Waals surface area contributed by atoms with E-state index in [4.69, 9.17) is 4.98 Å². The number of imidazole rings is 1. The van der Waals surface area contributed by atoms with Crippen molar-refractivity contribution in [2.24, 2.45) is 0 Å². The molecule has 0 unspecified atom stereocenters. The van der Waals surface area contributed by atoms with Crippen LogP contribution < -0.4 is 0 Å². The third kappa shape index (κ3) is 4.36. The lowest BCUT2D eigenvalue weighted by Gasteiger charge is -2.30. The van der Waals surface area contributed by atoms with Gasteiger partial charge in [-0.1, -0.05) is 28.1 Å². The van der Waals surface area contributed by atoms with Crippen molar-refractivity contribution in [3.63, 3.8) is 0 Å². The van der Waals surface area contributed by atoms with Crippen LogP contribution in [0.25, 0.3) is 17.3 Å². The number of hydrogen-bond acceptors (Lipinski definition) is 4. The summed E-state index contributed by atoms with van der Waals surface area (Å²) < 4.78 is 1.06. The van der Waals surface area contributed by atoms with Crippen molar-refractivity contribution < 1.29 is 4.79 Å². The van der Waals surface area contributed by atoms with Crippen molar-refractivity contribution in [1.29, 1.82) is 0 Å². The number of halogens is 1. The van der Waals surface area contributed by atoms with Crippen molar-refractivity contribution in [2.45, 2.75) is 18.8 Å². The predicted octanol–water partition coefficient (Wildman–Crippen LogP) is 4.72. The predicted molar refractivity (Wildman–Crippen MR) is 111 cm³/mol. The van der Waals surface area contributed by atoms with Gasteiger partial charge in [-0.3, -0.25) is 4.79 Å². The molecule has 0 saturated carbocycles. The minimum Gasteiger partial charge on any atom is -0.345 e. The van der Waals surface area contributed by atoms with Gasteiger partial charge in [0.05, 0.1) is 28.9 Å². The van der Waals surface area contributed by atoms with Crippen LogP contribution >= 0.6 is 27.3 Å². The first-order valence-electron chi connectivity index (χ1n) is 8.86. The molecule has 1 saturated heterocycles. The molecule has 4 rings (SSSR count). The summed E-state index contributed by atoms with van der Waals surface area (Å²) in [6, 6.07) is 8.21. The van der Waals surface area contributed by atoms with Gasteiger partial charge in [0.25, 0.3) is 0 Å². The van der Waals surface area contributed by atoms with Gasteiger partial charge in [-0.25, -0.2) is 9.97 Å². The van der Waals surface area contributed by atoms with Crippen molar-refractivity contribution in [2.75, 3.05) is 13.1 Å². The number of benzene rings is 1. The Morgan fingerprint density at radius 3 is 2.93 bits per heavy atom. The van der Waals surface area contributed by atoms with E-state index in [1.165, 1.54) is 5.01 Å². The molecule has 5 nitrogen and oxygen atoms in total. The number of carbonyl (C=O) groups excluding carboxylic acids is 1. The molecule has 0 spiro atoms. The van der Waals surface area contributed by atoms with Gasteiger partial charge in [-0.2, -0.15) is 0 Å². The molecule has 3 heterocycles. The van der Waals surface area contributed by atoms with Gasteiger partial charge in [0, 0.05) is 40.5 Å². The highest BCUT2D eigenvalue weighted by Crippen LogP contribution is 2.33. The zero-order valence-corrected chi connectivity index (χ0v) is 17.0. The van der Waals surface area contributed by atoms with Crippen molar-refractivity contribution in [1.82, 2.24) is 19.9 Å². The van der Waals surface area contributed by atoms with Crippen LogP contribution in [0.3, 0.4) is 0 Å². The SMILES string of the molecule is O=C(C=Cc1cnc[nH]1)N1CCC(c2nc(-c3cccc(Br)c3)cs2)CC1. The zero-order valence-electron chi connectivity index (χ0n) is 14.6. The van der Waals surface area contributed by atoms with Gasteiger partial charge in [0.15, 0.2) is 0 Å². The maximum atomic E-state index is 12.3. The normalized spacial score (nSPS) is 15.5. The van der Waals surface area contributed by atoms with E-state index < -0.39 is 0 Å². The zero-order chi connectivity index (χ0) is 18.6. The van der Waals surface area contributed by atoms with Gasteiger partial charge >= 0.3 is 0 Å². The Balaban J connectivity index is 1.36. The Labute approximate surface area is 170 Å². The Bertz CT molecular complexity index is 943. The lowest BCUT2D eigenvalue weighted by molar-refractivity contribution is -0.126. The maximum absolute atomic E-state index is 12.3. The second-order valence-electron chi connectivity index (χ2n) is 6.52. The van der Waals surface area contributed by atoms with Crippen LogP contribution in [-0.2, 0) is 4.79 Å². The number of rotatable bonds is 4. The molecule has 1 amide bonds. The number of thiazole rings is 1. The second-order valence-corrected chi connectivity index (χ2v) is 8.33. The quantitative estimate of drug-likeness (QED) is 0.594. The average molecular weight is 443 g/mol. The van der Waals surface area contributed by atoms with E-state index in [0.29, 0.717) is 5.92 Å². The smallest absolute Gasteiger partial charge is 0.246 e. The number of H-pyrrole nitrogens is 1. The number of aromatic amines is 1. The number of likely N-dealkylation sites (tertiary alicyclic amines) is 1. The molecular formula is C20H19BrN4OS. The van der Waals surface area contributed by atoms with Gasteiger partial charge in [-0.15, -0.1) is 11.3 Å². The molecule has 0 atom stereocenters. The van der Waals surface area contributed by atoms with Crippen LogP contribution in [0.4, 0.5) is 0 Å². The summed E-state index contributed by atoms with van der Waals surface area (Å²) in [6.45, 7) is 1.53. The molecule has 1 N–H and O–H groups in total. The molecule has 1 aromatic carbocycles. The van der Waals surface area contributed by atoms with E-state index in [1.807, 2.05) is 17.0 Å². The monoisotopic (exact) mass is 442 g/mol. The Kier molecular flexibility index (Phi) is 5.50. The van der Waals surface area contributed by atoms with Gasteiger partial charge in [0.2, 0.25) is 5.91 Å². The molecule has 2 aromatic heterocycles. The first kappa shape index (κ1) is 18.1. The van der Waals surface area contributed by atoms with Gasteiger partial charge in [-0.05, 0) is 31.1 Å². The highest BCUT2D eigenvalue weighted by molar-refractivity contribution is 9.10. The van der Waals surface area contributed by atoms with E-state index in [9.17, 15) is 4.79 Å². The maximum Gasteiger partial charge on any atom is 0.246 e. The molecule has 1 aliphatic rings. The Hall–Kier alpha value is -2.25. The minimum absolute atomic E-state index is 0.0528. The molecule has 7 heteroatoms. The molecular weight excluding hydrogens is 424 g/mol. The summed E-state index contributed by atoms with van der Waals surface area (Å²) in [4.78, 5) is 26.0. The van der Waals surface area contributed by atoms with Crippen LogP contribution in [0.15, 0.2) is 52.7 Å². The van der Waals surface area contributed by atoms with Gasteiger partial charge < -0.3 is 9.88 Å². The second kappa shape index (κ2) is 8.19. The summed E-state index contributed by atoms with van der Waals surface area (Å²) in [5.74, 6) is 0.480. The van der Waals surface area contributed by atoms with E-state index in [-0.39, 0.29) is 5.91 Å². The summed E-state index contributed by atoms with van der Waals surface area (Å²) in [5, 5.41) is 3.30. The lowest BCUT2D eigenvalue weighted by atomic mass is 9.97. The third-order valence-electron chi connectivity index (χ3n) is 4.72. The Morgan fingerprint density at radius 2 is 2.19 bits per heavy atom. The number of nitrogens with one attached hydrogen (secondary N) is 1. The highest BCUT2D eigenvalue weighted by atomic mass is 79.9. The van der Waals surface area contributed by atoms with Crippen molar-refractivity contribution in [3.05, 3.63) is 63.4 Å². The largest absolute Gasteiger partial charge is 0.345 e. The van der Waals surface area contributed by atoms with Crippen LogP contribution in [0.1, 0.15) is 29.5 Å². The number of carbonyl (C=O) groups is 1. The molecule has 138 valence electrons. The van der Waals surface area contributed by atoms with E-state index in [1.54, 1.807) is 36.0 Å². The average Bonchev–Trinajstić information content (AvgIpc) is 3.38. The first-order valence-corrected chi connectivity index (χ1v) is 10.5. The number of aromatic nitrogens is 3. The molecule has 0 aliphatic carbocycles. The fourth-order valence-electron chi connectivity index (χ4n) is 3.23. The number of hydrogen-bond donors (Lipinski definition) is 1. The highest BCUT2D eigenvalue weighted by Gasteiger charge is 2.25. The number of nitrogens with zero attached hydrogens (tertiary/aromatic N) is 3. The minimum atomic E-state index is 0.0528. The van der Waals surface area contributed by atoms with Crippen LogP contribution in [0.2, 0.25) is 0 Å².